The summed E-state index contributed by atoms with van der Waals surface area (Å²) >= 11 is 0. The Morgan fingerprint density at radius 1 is 1.47 bits per heavy atom. The van der Waals surface area contributed by atoms with Crippen molar-refractivity contribution in [3.63, 3.8) is 0 Å². The summed E-state index contributed by atoms with van der Waals surface area (Å²) in [7, 11) is 0. The van der Waals surface area contributed by atoms with Crippen LogP contribution in [0.15, 0.2) is 24.3 Å². The number of nitro groups is 1. The third-order valence-electron chi connectivity index (χ3n) is 1.92. The van der Waals surface area contributed by atoms with E-state index < -0.39 is 16.7 Å². The second-order valence-electron chi connectivity index (χ2n) is 2.80. The molecule has 7 nitrogen and oxygen atoms in total. The molecule has 2 rings (SSSR count). The highest BCUT2D eigenvalue weighted by Crippen LogP contribution is 2.17. The van der Waals surface area contributed by atoms with Gasteiger partial charge in [-0.05, 0) is 12.1 Å². The van der Waals surface area contributed by atoms with E-state index in [0.717, 1.165) is 0 Å². The fraction of sp³-hybridized carbons (Fsp3) is 0. The molecule has 0 aliphatic heterocycles. The highest BCUT2D eigenvalue weighted by atomic mass is 16.7. The predicted octanol–water partition coefficient (Wildman–Crippen LogP) is 0.774. The molecule has 0 unspecified atom stereocenters. The van der Waals surface area contributed by atoms with Gasteiger partial charge in [0.05, 0.1) is 15.5 Å². The number of aromatic carboxylic acids is 1. The first-order chi connectivity index (χ1) is 7.11. The zero-order valence-electron chi connectivity index (χ0n) is 7.32. The maximum absolute atomic E-state index is 10.8. The molecule has 1 heterocycles. The molecule has 0 saturated carbocycles. The summed E-state index contributed by atoms with van der Waals surface area (Å²) in [4.78, 5) is 21.6. The summed E-state index contributed by atoms with van der Waals surface area (Å²) in [6, 6.07) is 6.22. The Hall–Kier alpha value is -2.44. The van der Waals surface area contributed by atoms with Gasteiger partial charge in [0.25, 0.3) is 0 Å². The summed E-state index contributed by atoms with van der Waals surface area (Å²) in [5.41, 5.74) is -0.151. The smallest absolute Gasteiger partial charge is 0.361 e. The SMILES string of the molecule is O=C(O)c1c2ccccc2nn1[N+](=O)[O-]. The van der Waals surface area contributed by atoms with Gasteiger partial charge in [-0.1, -0.05) is 12.1 Å². The van der Waals surface area contributed by atoms with Crippen LogP contribution in [0.25, 0.3) is 10.9 Å². The van der Waals surface area contributed by atoms with Crippen LogP contribution in [0, 0.1) is 10.1 Å². The Balaban J connectivity index is 2.86. The van der Waals surface area contributed by atoms with E-state index in [1.807, 2.05) is 0 Å². The van der Waals surface area contributed by atoms with E-state index in [4.69, 9.17) is 5.11 Å². The summed E-state index contributed by atoms with van der Waals surface area (Å²) in [5.74, 6) is -1.37. The van der Waals surface area contributed by atoms with Gasteiger partial charge in [-0.3, -0.25) is 0 Å². The highest BCUT2D eigenvalue weighted by Gasteiger charge is 2.25. The molecule has 0 fully saturated rings. The molecule has 15 heavy (non-hydrogen) atoms. The Morgan fingerprint density at radius 2 is 2.13 bits per heavy atom. The second kappa shape index (κ2) is 3.05. The van der Waals surface area contributed by atoms with Crippen LogP contribution in [0.4, 0.5) is 0 Å². The van der Waals surface area contributed by atoms with Gasteiger partial charge in [0.15, 0.2) is 0 Å². The third kappa shape index (κ3) is 1.30. The lowest BCUT2D eigenvalue weighted by molar-refractivity contribution is -0.552. The largest absolute Gasteiger partial charge is 0.476 e. The lowest BCUT2D eigenvalue weighted by Crippen LogP contribution is -2.17. The molecule has 0 spiro atoms. The summed E-state index contributed by atoms with van der Waals surface area (Å²) < 4.78 is 0. The molecule has 0 saturated heterocycles. The van der Waals surface area contributed by atoms with Crippen LogP contribution in [0.2, 0.25) is 0 Å². The van der Waals surface area contributed by atoms with Crippen molar-refractivity contribution in [2.75, 3.05) is 0 Å². The maximum Gasteiger partial charge on any atom is 0.361 e. The molecule has 0 amide bonds. The van der Waals surface area contributed by atoms with Gasteiger partial charge in [-0.25, -0.2) is 4.79 Å². The predicted molar refractivity (Wildman–Crippen MR) is 49.1 cm³/mol. The van der Waals surface area contributed by atoms with Gasteiger partial charge in [0.2, 0.25) is 11.2 Å². The van der Waals surface area contributed by atoms with Crippen LogP contribution in [-0.2, 0) is 0 Å². The van der Waals surface area contributed by atoms with Crippen LogP contribution < -0.4 is 0 Å². The van der Waals surface area contributed by atoms with Crippen molar-refractivity contribution in [1.82, 2.24) is 9.89 Å². The van der Waals surface area contributed by atoms with Gasteiger partial charge in [-0.2, -0.15) is 0 Å². The number of hydrogen-bond acceptors (Lipinski definition) is 4. The fourth-order valence-electron chi connectivity index (χ4n) is 1.34. The Labute approximate surface area is 82.7 Å². The minimum Gasteiger partial charge on any atom is -0.476 e. The van der Waals surface area contributed by atoms with E-state index in [0.29, 0.717) is 0 Å². The zero-order chi connectivity index (χ0) is 11.0. The average molecular weight is 207 g/mol. The number of carboxylic acid groups (broad SMARTS) is 1. The minimum absolute atomic E-state index is 0.252. The van der Waals surface area contributed by atoms with Gasteiger partial charge >= 0.3 is 5.97 Å². The van der Waals surface area contributed by atoms with Crippen molar-refractivity contribution in [2.45, 2.75) is 0 Å². The first-order valence-electron chi connectivity index (χ1n) is 3.97. The van der Waals surface area contributed by atoms with Gasteiger partial charge in [0.1, 0.15) is 0 Å². The number of benzene rings is 1. The molecule has 1 N–H and O–H groups in total. The van der Waals surface area contributed by atoms with Crippen LogP contribution in [0.5, 0.6) is 0 Å². The number of nitrogens with zero attached hydrogens (tertiary/aromatic N) is 3. The Morgan fingerprint density at radius 3 is 2.73 bits per heavy atom. The number of carbonyl (C=O) groups is 1. The van der Waals surface area contributed by atoms with Gasteiger partial charge in [-0.15, -0.1) is 0 Å². The zero-order valence-corrected chi connectivity index (χ0v) is 7.32. The quantitative estimate of drug-likeness (QED) is 0.579. The Bertz CT molecular complexity index is 560. The highest BCUT2D eigenvalue weighted by molar-refractivity contribution is 6.01. The normalized spacial score (nSPS) is 10.4. The molecule has 2 aromatic rings. The van der Waals surface area contributed by atoms with Crippen LogP contribution in [-0.4, -0.2) is 26.0 Å². The maximum atomic E-state index is 10.8. The summed E-state index contributed by atoms with van der Waals surface area (Å²) in [5, 5.41) is 22.3. The molecule has 0 radical (unpaired) electrons. The molecule has 1 aromatic heterocycles. The molecular weight excluding hydrogens is 202 g/mol. The lowest BCUT2D eigenvalue weighted by Gasteiger charge is -1.93. The third-order valence-corrected chi connectivity index (χ3v) is 1.92. The topological polar surface area (TPSA) is 98.3 Å². The van der Waals surface area contributed by atoms with Crippen molar-refractivity contribution < 1.29 is 14.9 Å². The molecule has 1 aromatic carbocycles. The molecule has 76 valence electrons. The second-order valence-corrected chi connectivity index (χ2v) is 2.80. The van der Waals surface area contributed by atoms with Crippen LogP contribution in [0.3, 0.4) is 0 Å². The van der Waals surface area contributed by atoms with Crippen LogP contribution >= 0.6 is 0 Å². The monoisotopic (exact) mass is 207 g/mol. The fourth-order valence-corrected chi connectivity index (χ4v) is 1.34. The molecule has 0 atom stereocenters. The van der Waals surface area contributed by atoms with E-state index in [2.05, 4.69) is 5.10 Å². The number of aromatic nitrogens is 2. The van der Waals surface area contributed by atoms with Crippen molar-refractivity contribution in [1.29, 1.82) is 0 Å². The van der Waals surface area contributed by atoms with Crippen molar-refractivity contribution in [3.8, 4) is 0 Å². The van der Waals surface area contributed by atoms with Gasteiger partial charge < -0.3 is 15.2 Å². The van der Waals surface area contributed by atoms with E-state index in [9.17, 15) is 14.9 Å². The molecule has 0 aliphatic rings. The number of fused-ring (bicyclic) bond motifs is 1. The van der Waals surface area contributed by atoms with E-state index in [1.54, 1.807) is 12.1 Å². The van der Waals surface area contributed by atoms with E-state index in [1.165, 1.54) is 12.1 Å². The first-order valence-corrected chi connectivity index (χ1v) is 3.97. The van der Waals surface area contributed by atoms with Crippen LogP contribution in [0.1, 0.15) is 10.5 Å². The molecule has 0 bridgehead atoms. The average Bonchev–Trinajstić information content (AvgIpc) is 2.56. The standard InChI is InChI=1S/C8H5N3O4/c12-8(13)7-5-3-1-2-4-6(5)9-10(7)11(14)15/h1-4H,(H,12,13). The van der Waals surface area contributed by atoms with E-state index in [-0.39, 0.29) is 15.7 Å². The molecule has 7 heteroatoms. The number of rotatable bonds is 2. The Kier molecular flexibility index (Phi) is 1.86. The van der Waals surface area contributed by atoms with Crippen molar-refractivity contribution in [3.05, 3.63) is 40.1 Å². The van der Waals surface area contributed by atoms with Gasteiger partial charge in [0, 0.05) is 4.79 Å². The van der Waals surface area contributed by atoms with Crippen molar-refractivity contribution >= 4 is 16.9 Å². The number of carboxylic acids is 1. The molecule has 0 aliphatic carbocycles. The summed E-state index contributed by atoms with van der Waals surface area (Å²) in [6.07, 6.45) is 0. The lowest BCUT2D eigenvalue weighted by atomic mass is 10.2. The van der Waals surface area contributed by atoms with Crippen molar-refractivity contribution in [2.24, 2.45) is 0 Å². The molecular formula is C8H5N3O4. The minimum atomic E-state index is -1.37. The number of hydrogen-bond donors (Lipinski definition) is 1. The first kappa shape index (κ1) is 9.13. The van der Waals surface area contributed by atoms with E-state index >= 15 is 0 Å². The summed E-state index contributed by atoms with van der Waals surface area (Å²) in [6.45, 7) is 0.